The molecule has 2 aliphatic rings. The van der Waals surface area contributed by atoms with E-state index in [2.05, 4.69) is 40.9 Å². The van der Waals surface area contributed by atoms with Crippen molar-refractivity contribution >= 4 is 5.91 Å². The highest BCUT2D eigenvalue weighted by atomic mass is 16.2. The van der Waals surface area contributed by atoms with Crippen molar-refractivity contribution in [3.63, 3.8) is 0 Å². The Kier molecular flexibility index (Phi) is 3.88. The molecule has 1 aliphatic heterocycles. The van der Waals surface area contributed by atoms with Gasteiger partial charge in [-0.05, 0) is 36.5 Å². The molecule has 1 amide bonds. The van der Waals surface area contributed by atoms with E-state index in [0.29, 0.717) is 0 Å². The van der Waals surface area contributed by atoms with Crippen LogP contribution in [-0.2, 0) is 18.3 Å². The average Bonchev–Trinajstić information content (AvgIpc) is 3.26. The summed E-state index contributed by atoms with van der Waals surface area (Å²) in [5.41, 5.74) is 5.11. The van der Waals surface area contributed by atoms with E-state index in [9.17, 15) is 4.79 Å². The standard InChI is InChI=1S/C19H24N4O/c1-12-3-5-15-13(7-12)4-6-18(15)22-19(24)17-10-20-9-16(17)14-8-21-23(2)11-14/h3,5,7-8,11,16-18,20H,4,6,9-10H2,1-2H3,(H,22,24)/t16-,17+,18?/m1/s1. The third-order valence-electron chi connectivity index (χ3n) is 5.40. The van der Waals surface area contributed by atoms with Crippen LogP contribution in [0.1, 0.15) is 40.6 Å². The van der Waals surface area contributed by atoms with Crippen molar-refractivity contribution < 1.29 is 4.79 Å². The number of hydrogen-bond donors (Lipinski definition) is 2. The van der Waals surface area contributed by atoms with E-state index < -0.39 is 0 Å². The summed E-state index contributed by atoms with van der Waals surface area (Å²) in [4.78, 5) is 12.9. The van der Waals surface area contributed by atoms with E-state index >= 15 is 0 Å². The lowest BCUT2D eigenvalue weighted by Crippen LogP contribution is -2.36. The fourth-order valence-corrected chi connectivity index (χ4v) is 4.11. The highest BCUT2D eigenvalue weighted by Gasteiger charge is 2.36. The number of carbonyl (C=O) groups excluding carboxylic acids is 1. The first kappa shape index (κ1) is 15.4. The maximum Gasteiger partial charge on any atom is 0.225 e. The van der Waals surface area contributed by atoms with Gasteiger partial charge in [-0.3, -0.25) is 9.48 Å². The number of aromatic nitrogens is 2. The number of amides is 1. The van der Waals surface area contributed by atoms with Crippen LogP contribution in [0, 0.1) is 12.8 Å². The van der Waals surface area contributed by atoms with E-state index in [-0.39, 0.29) is 23.8 Å². The van der Waals surface area contributed by atoms with Crippen molar-refractivity contribution in [2.45, 2.75) is 31.7 Å². The monoisotopic (exact) mass is 324 g/mol. The molecule has 1 unspecified atom stereocenters. The average molecular weight is 324 g/mol. The number of aryl methyl sites for hydroxylation is 3. The lowest BCUT2D eigenvalue weighted by molar-refractivity contribution is -0.125. The van der Waals surface area contributed by atoms with Crippen molar-refractivity contribution in [1.82, 2.24) is 20.4 Å². The van der Waals surface area contributed by atoms with Gasteiger partial charge in [-0.25, -0.2) is 0 Å². The van der Waals surface area contributed by atoms with E-state index in [0.717, 1.165) is 31.5 Å². The molecule has 1 saturated heterocycles. The van der Waals surface area contributed by atoms with Crippen LogP contribution in [0.4, 0.5) is 0 Å². The third-order valence-corrected chi connectivity index (χ3v) is 5.40. The summed E-state index contributed by atoms with van der Waals surface area (Å²) in [5.74, 6) is 0.341. The molecule has 3 atom stereocenters. The molecule has 2 heterocycles. The van der Waals surface area contributed by atoms with Crippen molar-refractivity contribution in [1.29, 1.82) is 0 Å². The summed E-state index contributed by atoms with van der Waals surface area (Å²) >= 11 is 0. The summed E-state index contributed by atoms with van der Waals surface area (Å²) in [6.45, 7) is 3.69. The minimum absolute atomic E-state index is 0.0244. The number of hydrogen-bond acceptors (Lipinski definition) is 3. The van der Waals surface area contributed by atoms with Crippen LogP contribution in [-0.4, -0.2) is 28.8 Å². The van der Waals surface area contributed by atoms with Gasteiger partial charge in [-0.2, -0.15) is 5.10 Å². The van der Waals surface area contributed by atoms with Crippen LogP contribution >= 0.6 is 0 Å². The van der Waals surface area contributed by atoms with Crippen LogP contribution in [0.3, 0.4) is 0 Å². The Bertz CT molecular complexity index is 766. The number of nitrogens with one attached hydrogen (secondary N) is 2. The van der Waals surface area contributed by atoms with Gasteiger partial charge in [0.2, 0.25) is 5.91 Å². The molecule has 4 rings (SSSR count). The Morgan fingerprint density at radius 3 is 3.04 bits per heavy atom. The van der Waals surface area contributed by atoms with Crippen LogP contribution in [0.5, 0.6) is 0 Å². The summed E-state index contributed by atoms with van der Waals surface area (Å²) < 4.78 is 1.80. The molecule has 126 valence electrons. The second-order valence-electron chi connectivity index (χ2n) is 7.12. The molecule has 1 aliphatic carbocycles. The Morgan fingerprint density at radius 2 is 2.25 bits per heavy atom. The van der Waals surface area contributed by atoms with Crippen LogP contribution < -0.4 is 10.6 Å². The van der Waals surface area contributed by atoms with Gasteiger partial charge in [0.05, 0.1) is 18.2 Å². The lowest BCUT2D eigenvalue weighted by Gasteiger charge is -2.21. The Hall–Kier alpha value is -2.14. The molecule has 5 heteroatoms. The molecule has 0 saturated carbocycles. The second-order valence-corrected chi connectivity index (χ2v) is 7.12. The normalized spacial score (nSPS) is 25.7. The Balaban J connectivity index is 1.49. The summed E-state index contributed by atoms with van der Waals surface area (Å²) in [7, 11) is 1.92. The first-order chi connectivity index (χ1) is 11.6. The predicted octanol–water partition coefficient (Wildman–Crippen LogP) is 1.84. The van der Waals surface area contributed by atoms with E-state index in [4.69, 9.17) is 0 Å². The van der Waals surface area contributed by atoms with Gasteiger partial charge in [0, 0.05) is 32.3 Å². The number of rotatable bonds is 3. The van der Waals surface area contributed by atoms with Crippen molar-refractivity contribution in [2.75, 3.05) is 13.1 Å². The summed E-state index contributed by atoms with van der Waals surface area (Å²) in [6.07, 6.45) is 5.95. The van der Waals surface area contributed by atoms with Crippen molar-refractivity contribution in [3.05, 3.63) is 52.8 Å². The fraction of sp³-hybridized carbons (Fsp3) is 0.474. The van der Waals surface area contributed by atoms with Crippen molar-refractivity contribution in [3.8, 4) is 0 Å². The van der Waals surface area contributed by atoms with Gasteiger partial charge in [0.25, 0.3) is 0 Å². The van der Waals surface area contributed by atoms with Gasteiger partial charge in [-0.1, -0.05) is 23.8 Å². The molecule has 2 aromatic rings. The Labute approximate surface area is 142 Å². The zero-order valence-electron chi connectivity index (χ0n) is 14.2. The second kappa shape index (κ2) is 6.06. The third kappa shape index (κ3) is 2.73. The largest absolute Gasteiger partial charge is 0.349 e. The lowest BCUT2D eigenvalue weighted by atomic mass is 9.90. The molecular weight excluding hydrogens is 300 g/mol. The number of nitrogens with zero attached hydrogens (tertiary/aromatic N) is 2. The van der Waals surface area contributed by atoms with Gasteiger partial charge < -0.3 is 10.6 Å². The number of fused-ring (bicyclic) bond motifs is 1. The van der Waals surface area contributed by atoms with E-state index in [1.165, 1.54) is 16.7 Å². The molecule has 5 nitrogen and oxygen atoms in total. The van der Waals surface area contributed by atoms with Gasteiger partial charge >= 0.3 is 0 Å². The molecule has 0 spiro atoms. The zero-order valence-corrected chi connectivity index (χ0v) is 14.2. The van der Waals surface area contributed by atoms with E-state index in [1.807, 2.05) is 19.4 Å². The van der Waals surface area contributed by atoms with Gasteiger partial charge in [0.1, 0.15) is 0 Å². The first-order valence-electron chi connectivity index (χ1n) is 8.71. The minimum atomic E-state index is -0.0244. The van der Waals surface area contributed by atoms with Gasteiger partial charge in [-0.15, -0.1) is 0 Å². The SMILES string of the molecule is Cc1ccc2c(c1)CCC2NC(=O)[C@H]1CNC[C@@H]1c1cnn(C)c1. The highest BCUT2D eigenvalue weighted by molar-refractivity contribution is 5.81. The molecular formula is C19H24N4O. The number of carbonyl (C=O) groups is 1. The summed E-state index contributed by atoms with van der Waals surface area (Å²) in [5, 5.41) is 10.9. The van der Waals surface area contributed by atoms with Crippen molar-refractivity contribution in [2.24, 2.45) is 13.0 Å². The van der Waals surface area contributed by atoms with Gasteiger partial charge in [0.15, 0.2) is 0 Å². The number of benzene rings is 1. The molecule has 1 aromatic carbocycles. The molecule has 1 fully saturated rings. The molecule has 0 radical (unpaired) electrons. The van der Waals surface area contributed by atoms with Crippen LogP contribution in [0.2, 0.25) is 0 Å². The predicted molar refractivity (Wildman–Crippen MR) is 92.7 cm³/mol. The molecule has 0 bridgehead atoms. The quantitative estimate of drug-likeness (QED) is 0.906. The maximum absolute atomic E-state index is 12.9. The molecule has 24 heavy (non-hydrogen) atoms. The first-order valence-corrected chi connectivity index (χ1v) is 8.71. The maximum atomic E-state index is 12.9. The van der Waals surface area contributed by atoms with E-state index in [1.54, 1.807) is 4.68 Å². The minimum Gasteiger partial charge on any atom is -0.349 e. The van der Waals surface area contributed by atoms with Crippen LogP contribution in [0.25, 0.3) is 0 Å². The summed E-state index contributed by atoms with van der Waals surface area (Å²) in [6, 6.07) is 6.72. The highest BCUT2D eigenvalue weighted by Crippen LogP contribution is 2.33. The topological polar surface area (TPSA) is 59.0 Å². The van der Waals surface area contributed by atoms with Crippen LogP contribution in [0.15, 0.2) is 30.6 Å². The smallest absolute Gasteiger partial charge is 0.225 e. The molecule has 2 N–H and O–H groups in total. The zero-order chi connectivity index (χ0) is 16.7. The molecule has 1 aromatic heterocycles. The Morgan fingerprint density at radius 1 is 1.38 bits per heavy atom. The fourth-order valence-electron chi connectivity index (χ4n) is 4.11.